The van der Waals surface area contributed by atoms with E-state index in [0.29, 0.717) is 18.1 Å². The fourth-order valence-corrected chi connectivity index (χ4v) is 1.91. The van der Waals surface area contributed by atoms with Crippen molar-refractivity contribution in [3.05, 3.63) is 34.6 Å². The minimum Gasteiger partial charge on any atom is -0.337 e. The summed E-state index contributed by atoms with van der Waals surface area (Å²) in [7, 11) is 3.37. The Balaban J connectivity index is 2.39. The number of carbonyl (C=O) groups is 1. The number of benzene rings is 1. The molecule has 0 bridgehead atoms. The molecule has 0 radical (unpaired) electrons. The first-order valence-electron chi connectivity index (χ1n) is 6.05. The van der Waals surface area contributed by atoms with E-state index >= 15 is 0 Å². The van der Waals surface area contributed by atoms with Crippen molar-refractivity contribution < 1.29 is 9.18 Å². The molecule has 1 unspecified atom stereocenters. The Morgan fingerprint density at radius 1 is 1.42 bits per heavy atom. The number of nitrogens with zero attached hydrogens (tertiary/aromatic N) is 1. The lowest BCUT2D eigenvalue weighted by Crippen LogP contribution is -2.38. The molecule has 0 fully saturated rings. The van der Waals surface area contributed by atoms with Gasteiger partial charge in [-0.2, -0.15) is 0 Å². The van der Waals surface area contributed by atoms with Crippen molar-refractivity contribution in [3.8, 4) is 0 Å². The Morgan fingerprint density at radius 2 is 2.11 bits per heavy atom. The predicted molar refractivity (Wildman–Crippen MR) is 74.9 cm³/mol. The SMILES string of the molecule is CC(NCCNC(=O)N(C)C)c1ccc(F)cc1Cl. The van der Waals surface area contributed by atoms with Gasteiger partial charge >= 0.3 is 6.03 Å². The minimum atomic E-state index is -0.348. The van der Waals surface area contributed by atoms with Crippen LogP contribution in [-0.2, 0) is 0 Å². The third-order valence-electron chi connectivity index (χ3n) is 2.69. The van der Waals surface area contributed by atoms with Crippen molar-refractivity contribution in [2.45, 2.75) is 13.0 Å². The molecule has 0 heterocycles. The van der Waals surface area contributed by atoms with Crippen LogP contribution in [0.5, 0.6) is 0 Å². The number of urea groups is 1. The van der Waals surface area contributed by atoms with Crippen LogP contribution in [0.15, 0.2) is 18.2 Å². The Kier molecular flexibility index (Phi) is 6.05. The Hall–Kier alpha value is -1.33. The van der Waals surface area contributed by atoms with Gasteiger partial charge in [-0.05, 0) is 24.6 Å². The van der Waals surface area contributed by atoms with E-state index in [1.165, 1.54) is 17.0 Å². The van der Waals surface area contributed by atoms with Crippen molar-refractivity contribution >= 4 is 17.6 Å². The molecule has 1 atom stereocenters. The molecule has 2 N–H and O–H groups in total. The Bertz CT molecular complexity index is 440. The summed E-state index contributed by atoms with van der Waals surface area (Å²) in [4.78, 5) is 12.7. The zero-order chi connectivity index (χ0) is 14.4. The van der Waals surface area contributed by atoms with Gasteiger partial charge in [0.05, 0.1) is 0 Å². The van der Waals surface area contributed by atoms with Gasteiger partial charge < -0.3 is 15.5 Å². The van der Waals surface area contributed by atoms with Crippen molar-refractivity contribution in [2.75, 3.05) is 27.2 Å². The van der Waals surface area contributed by atoms with Gasteiger partial charge in [0.25, 0.3) is 0 Å². The smallest absolute Gasteiger partial charge is 0.316 e. The molecule has 0 saturated heterocycles. The van der Waals surface area contributed by atoms with Gasteiger partial charge in [0.15, 0.2) is 0 Å². The molecule has 0 aromatic heterocycles. The summed E-state index contributed by atoms with van der Waals surface area (Å²) >= 11 is 5.97. The van der Waals surface area contributed by atoms with E-state index in [2.05, 4.69) is 10.6 Å². The first-order chi connectivity index (χ1) is 8.91. The molecule has 0 aliphatic carbocycles. The molecular formula is C13H19ClFN3O. The fourth-order valence-electron chi connectivity index (χ4n) is 1.58. The monoisotopic (exact) mass is 287 g/mol. The summed E-state index contributed by atoms with van der Waals surface area (Å²) in [5.74, 6) is -0.348. The van der Waals surface area contributed by atoms with E-state index in [0.717, 1.165) is 5.56 Å². The first kappa shape index (κ1) is 15.7. The molecule has 0 spiro atoms. The van der Waals surface area contributed by atoms with Crippen LogP contribution in [0.2, 0.25) is 5.02 Å². The highest BCUT2D eigenvalue weighted by Gasteiger charge is 2.10. The fraction of sp³-hybridized carbons (Fsp3) is 0.462. The average molecular weight is 288 g/mol. The van der Waals surface area contributed by atoms with Crippen molar-refractivity contribution in [2.24, 2.45) is 0 Å². The third kappa shape index (κ3) is 5.04. The molecule has 0 aliphatic rings. The van der Waals surface area contributed by atoms with E-state index in [1.807, 2.05) is 6.92 Å². The van der Waals surface area contributed by atoms with Gasteiger partial charge in [0.2, 0.25) is 0 Å². The summed E-state index contributed by atoms with van der Waals surface area (Å²) < 4.78 is 12.9. The number of hydrogen-bond donors (Lipinski definition) is 2. The van der Waals surface area contributed by atoms with E-state index in [1.54, 1.807) is 20.2 Å². The number of nitrogens with one attached hydrogen (secondary N) is 2. The van der Waals surface area contributed by atoms with Crippen LogP contribution >= 0.6 is 11.6 Å². The standard InChI is InChI=1S/C13H19ClFN3O/c1-9(11-5-4-10(15)8-12(11)14)16-6-7-17-13(19)18(2)3/h4-5,8-9,16H,6-7H2,1-3H3,(H,17,19). The van der Waals surface area contributed by atoms with Gasteiger partial charge in [0, 0.05) is 38.2 Å². The molecule has 0 aliphatic heterocycles. The van der Waals surface area contributed by atoms with E-state index in [4.69, 9.17) is 11.6 Å². The van der Waals surface area contributed by atoms with Gasteiger partial charge in [-0.15, -0.1) is 0 Å². The average Bonchev–Trinajstić information content (AvgIpc) is 2.33. The van der Waals surface area contributed by atoms with Gasteiger partial charge in [-0.1, -0.05) is 17.7 Å². The first-order valence-corrected chi connectivity index (χ1v) is 6.43. The highest BCUT2D eigenvalue weighted by atomic mass is 35.5. The summed E-state index contributed by atoms with van der Waals surface area (Å²) in [5.41, 5.74) is 0.835. The van der Waals surface area contributed by atoms with Crippen LogP contribution < -0.4 is 10.6 Å². The minimum absolute atomic E-state index is 0.00985. The van der Waals surface area contributed by atoms with E-state index in [9.17, 15) is 9.18 Å². The van der Waals surface area contributed by atoms with E-state index < -0.39 is 0 Å². The molecule has 19 heavy (non-hydrogen) atoms. The summed E-state index contributed by atoms with van der Waals surface area (Å²) in [6.45, 7) is 3.06. The summed E-state index contributed by atoms with van der Waals surface area (Å²) in [6, 6.07) is 4.20. The second kappa shape index (κ2) is 7.31. The van der Waals surface area contributed by atoms with Crippen LogP contribution in [0.25, 0.3) is 0 Å². The maximum atomic E-state index is 12.9. The number of carbonyl (C=O) groups excluding carboxylic acids is 1. The van der Waals surface area contributed by atoms with Gasteiger partial charge in [0.1, 0.15) is 5.82 Å². The lowest BCUT2D eigenvalue weighted by atomic mass is 10.1. The van der Waals surface area contributed by atoms with Crippen molar-refractivity contribution in [1.82, 2.24) is 15.5 Å². The molecule has 1 aromatic rings. The molecular weight excluding hydrogens is 269 g/mol. The zero-order valence-electron chi connectivity index (χ0n) is 11.3. The Labute approximate surface area is 117 Å². The zero-order valence-corrected chi connectivity index (χ0v) is 12.1. The molecule has 1 aromatic carbocycles. The van der Waals surface area contributed by atoms with E-state index in [-0.39, 0.29) is 17.9 Å². The maximum absolute atomic E-state index is 12.9. The molecule has 106 valence electrons. The van der Waals surface area contributed by atoms with Crippen LogP contribution in [0.3, 0.4) is 0 Å². The topological polar surface area (TPSA) is 44.4 Å². The third-order valence-corrected chi connectivity index (χ3v) is 3.01. The van der Waals surface area contributed by atoms with Gasteiger partial charge in [-0.25, -0.2) is 9.18 Å². The lowest BCUT2D eigenvalue weighted by molar-refractivity contribution is 0.217. The number of halogens is 2. The van der Waals surface area contributed by atoms with Crippen LogP contribution in [0.4, 0.5) is 9.18 Å². The van der Waals surface area contributed by atoms with Crippen LogP contribution in [0.1, 0.15) is 18.5 Å². The highest BCUT2D eigenvalue weighted by molar-refractivity contribution is 6.31. The molecule has 4 nitrogen and oxygen atoms in total. The number of amides is 2. The van der Waals surface area contributed by atoms with Crippen LogP contribution in [0, 0.1) is 5.82 Å². The largest absolute Gasteiger partial charge is 0.337 e. The van der Waals surface area contributed by atoms with Crippen LogP contribution in [-0.4, -0.2) is 38.1 Å². The second-order valence-electron chi connectivity index (χ2n) is 4.47. The molecule has 2 amide bonds. The van der Waals surface area contributed by atoms with Crippen molar-refractivity contribution in [3.63, 3.8) is 0 Å². The maximum Gasteiger partial charge on any atom is 0.316 e. The predicted octanol–water partition coefficient (Wildman–Crippen LogP) is 2.40. The highest BCUT2D eigenvalue weighted by Crippen LogP contribution is 2.23. The quantitative estimate of drug-likeness (QED) is 0.817. The van der Waals surface area contributed by atoms with Crippen molar-refractivity contribution in [1.29, 1.82) is 0 Å². The number of rotatable bonds is 5. The normalized spacial score (nSPS) is 12.1. The second-order valence-corrected chi connectivity index (χ2v) is 4.88. The number of hydrogen-bond acceptors (Lipinski definition) is 2. The molecule has 6 heteroatoms. The Morgan fingerprint density at radius 3 is 2.68 bits per heavy atom. The van der Waals surface area contributed by atoms with Gasteiger partial charge in [-0.3, -0.25) is 0 Å². The molecule has 0 saturated carbocycles. The molecule has 1 rings (SSSR count). The summed E-state index contributed by atoms with van der Waals surface area (Å²) in [5, 5.41) is 6.36. The summed E-state index contributed by atoms with van der Waals surface area (Å²) in [6.07, 6.45) is 0. The lowest BCUT2D eigenvalue weighted by Gasteiger charge is -2.17.